The van der Waals surface area contributed by atoms with Gasteiger partial charge in [0, 0.05) is 26.1 Å². The van der Waals surface area contributed by atoms with Gasteiger partial charge in [0.25, 0.3) is 5.92 Å². The van der Waals surface area contributed by atoms with E-state index in [0.29, 0.717) is 24.2 Å². The Kier molecular flexibility index (Phi) is 4.21. The predicted molar refractivity (Wildman–Crippen MR) is 85.4 cm³/mol. The largest absolute Gasteiger partial charge is 0.398 e. The molecule has 7 unspecified atom stereocenters. The van der Waals surface area contributed by atoms with Crippen LogP contribution in [0.2, 0.25) is 13.1 Å². The Morgan fingerprint density at radius 1 is 0.870 bits per heavy atom. The number of hydrogen-bond acceptors (Lipinski definition) is 2. The van der Waals surface area contributed by atoms with E-state index in [1.165, 1.54) is 0 Å². The first-order valence-electron chi connectivity index (χ1n) is 8.74. The number of alkyl halides is 3. The van der Waals surface area contributed by atoms with Gasteiger partial charge in [-0.15, -0.1) is 0 Å². The Morgan fingerprint density at radius 2 is 1.35 bits per heavy atom. The summed E-state index contributed by atoms with van der Waals surface area (Å²) in [7, 11) is 1.70. The number of rotatable bonds is 2. The van der Waals surface area contributed by atoms with E-state index in [9.17, 15) is 13.2 Å². The second-order valence-corrected chi connectivity index (χ2v) is 12.1. The van der Waals surface area contributed by atoms with Crippen LogP contribution >= 0.6 is 0 Å². The fraction of sp³-hybridized carbons (Fsp3) is 1.00. The minimum atomic E-state index is -3.07. The first-order valence-corrected chi connectivity index (χ1v) is 11.6. The average molecular weight is 350 g/mol. The van der Waals surface area contributed by atoms with Gasteiger partial charge in [0.05, 0.1) is 0 Å². The monoisotopic (exact) mass is 350 g/mol. The SMILES string of the molecule is CC1(F)C2CC(C3C4CCC(C4)C32)C1(F)F.CO[Si](C)(C)OC. The van der Waals surface area contributed by atoms with Crippen molar-refractivity contribution in [3.8, 4) is 0 Å². The Morgan fingerprint density at radius 3 is 1.78 bits per heavy atom. The zero-order valence-corrected chi connectivity index (χ0v) is 15.7. The molecule has 0 spiro atoms. The standard InChI is InChI=1S/C13H17F3.C4H12O2Si/c1-12(14)8-5-9(13(12,15)16)11-7-3-2-6(4-7)10(8)11;1-5-7(3,4)6-2/h6-11H,2-5H2,1H3;1-4H3. The molecule has 4 aliphatic carbocycles. The summed E-state index contributed by atoms with van der Waals surface area (Å²) in [6, 6.07) is 0. The maximum Gasteiger partial charge on any atom is 0.331 e. The molecule has 0 N–H and O–H groups in total. The predicted octanol–water partition coefficient (Wildman–Crippen LogP) is 4.64. The van der Waals surface area contributed by atoms with Crippen molar-refractivity contribution in [2.45, 2.75) is 57.3 Å². The van der Waals surface area contributed by atoms with E-state index in [1.807, 2.05) is 13.1 Å². The van der Waals surface area contributed by atoms with E-state index in [4.69, 9.17) is 8.85 Å². The molecule has 0 heterocycles. The van der Waals surface area contributed by atoms with Crippen molar-refractivity contribution in [3.05, 3.63) is 0 Å². The Labute approximate surface area is 138 Å². The number of fused-ring (bicyclic) bond motifs is 9. The van der Waals surface area contributed by atoms with Gasteiger partial charge in [-0.1, -0.05) is 0 Å². The van der Waals surface area contributed by atoms with Crippen molar-refractivity contribution in [1.29, 1.82) is 0 Å². The van der Waals surface area contributed by atoms with Crippen LogP contribution in [0.5, 0.6) is 0 Å². The van der Waals surface area contributed by atoms with Crippen molar-refractivity contribution in [2.75, 3.05) is 14.2 Å². The summed E-state index contributed by atoms with van der Waals surface area (Å²) in [5.74, 6) is -2.56. The third kappa shape index (κ3) is 2.42. The quantitative estimate of drug-likeness (QED) is 0.533. The second kappa shape index (κ2) is 5.46. The zero-order chi connectivity index (χ0) is 17.2. The fourth-order valence-corrected chi connectivity index (χ4v) is 5.99. The highest BCUT2D eigenvalue weighted by atomic mass is 28.4. The summed E-state index contributed by atoms with van der Waals surface area (Å²) < 4.78 is 52.3. The van der Waals surface area contributed by atoms with E-state index in [1.54, 1.807) is 14.2 Å². The van der Waals surface area contributed by atoms with Crippen molar-refractivity contribution in [1.82, 2.24) is 0 Å². The van der Waals surface area contributed by atoms with Crippen LogP contribution in [0.3, 0.4) is 0 Å². The van der Waals surface area contributed by atoms with Gasteiger partial charge < -0.3 is 8.85 Å². The summed E-state index contributed by atoms with van der Waals surface area (Å²) in [5.41, 5.74) is -2.23. The van der Waals surface area contributed by atoms with Gasteiger partial charge in [0.1, 0.15) is 0 Å². The number of halogens is 3. The smallest absolute Gasteiger partial charge is 0.331 e. The lowest BCUT2D eigenvalue weighted by atomic mass is 9.65. The van der Waals surface area contributed by atoms with E-state index in [0.717, 1.165) is 26.2 Å². The topological polar surface area (TPSA) is 18.5 Å². The molecule has 0 aliphatic heterocycles. The molecule has 2 nitrogen and oxygen atoms in total. The van der Waals surface area contributed by atoms with Crippen LogP contribution in [0.1, 0.15) is 32.6 Å². The molecule has 0 saturated heterocycles. The Hall–Kier alpha value is -0.0731. The third-order valence-corrected chi connectivity index (χ3v) is 9.25. The molecule has 0 radical (unpaired) electrons. The minimum Gasteiger partial charge on any atom is -0.398 e. The lowest BCUT2D eigenvalue weighted by Crippen LogP contribution is -2.54. The molecule has 0 aromatic carbocycles. The molecule has 4 aliphatic rings. The Bertz CT molecular complexity index is 431. The molecule has 4 fully saturated rings. The molecule has 0 amide bonds. The highest BCUT2D eigenvalue weighted by Gasteiger charge is 2.78. The van der Waals surface area contributed by atoms with Gasteiger partial charge in [0.2, 0.25) is 0 Å². The zero-order valence-electron chi connectivity index (χ0n) is 14.7. The molecule has 0 aromatic heterocycles. The lowest BCUT2D eigenvalue weighted by molar-refractivity contribution is -0.195. The van der Waals surface area contributed by atoms with E-state index < -0.39 is 26.1 Å². The molecule has 23 heavy (non-hydrogen) atoms. The van der Waals surface area contributed by atoms with Crippen LogP contribution in [0, 0.1) is 35.5 Å². The normalized spacial score (nSPS) is 49.0. The van der Waals surface area contributed by atoms with Crippen LogP contribution < -0.4 is 0 Å². The van der Waals surface area contributed by atoms with E-state index >= 15 is 0 Å². The first-order chi connectivity index (χ1) is 10.6. The molecule has 0 aromatic rings. The van der Waals surface area contributed by atoms with Crippen LogP contribution in [0.25, 0.3) is 0 Å². The maximum absolute atomic E-state index is 14.3. The highest BCUT2D eigenvalue weighted by Crippen LogP contribution is 2.74. The van der Waals surface area contributed by atoms with Gasteiger partial charge in [0.15, 0.2) is 5.67 Å². The van der Waals surface area contributed by atoms with Gasteiger partial charge >= 0.3 is 8.56 Å². The summed E-state index contributed by atoms with van der Waals surface area (Å²) in [6.07, 6.45) is 3.83. The van der Waals surface area contributed by atoms with Gasteiger partial charge in [-0.25, -0.2) is 13.2 Å². The summed E-state index contributed by atoms with van der Waals surface area (Å²) in [6.45, 7) is 5.14. The molecular weight excluding hydrogens is 321 g/mol. The van der Waals surface area contributed by atoms with Gasteiger partial charge in [-0.2, -0.15) is 0 Å². The van der Waals surface area contributed by atoms with Crippen LogP contribution in [-0.2, 0) is 8.85 Å². The molecular formula is C17H29F3O2Si. The van der Waals surface area contributed by atoms with Gasteiger partial charge in [-0.3, -0.25) is 0 Å². The molecule has 7 atom stereocenters. The fourth-order valence-electron chi connectivity index (χ4n) is 5.83. The lowest BCUT2D eigenvalue weighted by Gasteiger charge is -2.45. The Balaban J connectivity index is 0.000000193. The van der Waals surface area contributed by atoms with Crippen LogP contribution in [-0.4, -0.2) is 34.4 Å². The summed E-state index contributed by atoms with van der Waals surface area (Å²) in [4.78, 5) is 0. The summed E-state index contributed by atoms with van der Waals surface area (Å²) >= 11 is 0. The van der Waals surface area contributed by atoms with E-state index in [-0.39, 0.29) is 11.8 Å². The molecule has 6 heteroatoms. The average Bonchev–Trinajstić information content (AvgIpc) is 3.20. The van der Waals surface area contributed by atoms with Crippen molar-refractivity contribution in [2.24, 2.45) is 35.5 Å². The molecule has 134 valence electrons. The maximum atomic E-state index is 14.3. The summed E-state index contributed by atoms with van der Waals surface area (Å²) in [5, 5.41) is 0. The van der Waals surface area contributed by atoms with E-state index in [2.05, 4.69) is 0 Å². The first kappa shape index (κ1) is 17.7. The molecule has 4 rings (SSSR count). The molecule has 4 saturated carbocycles. The van der Waals surface area contributed by atoms with Crippen LogP contribution in [0.4, 0.5) is 13.2 Å². The van der Waals surface area contributed by atoms with Crippen molar-refractivity contribution < 1.29 is 22.0 Å². The third-order valence-electron chi connectivity index (χ3n) is 7.28. The van der Waals surface area contributed by atoms with Crippen molar-refractivity contribution >= 4 is 8.56 Å². The minimum absolute atomic E-state index is 0.155. The highest BCUT2D eigenvalue weighted by molar-refractivity contribution is 6.64. The molecule has 4 bridgehead atoms. The number of hydrogen-bond donors (Lipinski definition) is 0. The van der Waals surface area contributed by atoms with Crippen LogP contribution in [0.15, 0.2) is 0 Å². The second-order valence-electron chi connectivity index (χ2n) is 8.44. The van der Waals surface area contributed by atoms with Crippen molar-refractivity contribution in [3.63, 3.8) is 0 Å². The van der Waals surface area contributed by atoms with Gasteiger partial charge in [-0.05, 0) is 69.4 Å².